The van der Waals surface area contributed by atoms with E-state index in [1.54, 1.807) is 24.3 Å². The molecule has 3 rings (SSSR count). The number of anilines is 1. The fourth-order valence-electron chi connectivity index (χ4n) is 3.07. The van der Waals surface area contributed by atoms with Gasteiger partial charge in [0.15, 0.2) is 0 Å². The summed E-state index contributed by atoms with van der Waals surface area (Å²) in [6, 6.07) is 23.2. The van der Waals surface area contributed by atoms with Crippen LogP contribution < -0.4 is 20.1 Å². The van der Waals surface area contributed by atoms with Crippen molar-refractivity contribution in [2.75, 3.05) is 11.9 Å². The van der Waals surface area contributed by atoms with Crippen LogP contribution in [0.5, 0.6) is 11.5 Å². The average Bonchev–Trinajstić information content (AvgIpc) is 2.81. The van der Waals surface area contributed by atoms with Crippen molar-refractivity contribution in [3.05, 3.63) is 90.0 Å². The largest absolute Gasteiger partial charge is 0.494 e. The third-order valence-electron chi connectivity index (χ3n) is 4.58. The Hall–Kier alpha value is -4.13. The van der Waals surface area contributed by atoms with Gasteiger partial charge in [-0.2, -0.15) is 0 Å². The molecule has 170 valence electrons. The number of rotatable bonds is 10. The molecule has 0 aromatic heterocycles. The molecule has 0 spiro atoms. The smallest absolute Gasteiger partial charge is 0.308 e. The highest BCUT2D eigenvalue weighted by Crippen LogP contribution is 2.15. The Morgan fingerprint density at radius 1 is 0.848 bits per heavy atom. The summed E-state index contributed by atoms with van der Waals surface area (Å²) in [6.07, 6.45) is 0.940. The first kappa shape index (κ1) is 23.5. The maximum atomic E-state index is 12.4. The molecule has 0 heterocycles. The van der Waals surface area contributed by atoms with Crippen molar-refractivity contribution >= 4 is 23.5 Å². The van der Waals surface area contributed by atoms with Gasteiger partial charge in [0.1, 0.15) is 11.5 Å². The molecule has 33 heavy (non-hydrogen) atoms. The summed E-state index contributed by atoms with van der Waals surface area (Å²) in [6.45, 7) is 2.05. The van der Waals surface area contributed by atoms with E-state index in [0.29, 0.717) is 36.4 Å². The number of carbonyl (C=O) groups is 3. The van der Waals surface area contributed by atoms with E-state index in [0.717, 1.165) is 11.3 Å². The summed E-state index contributed by atoms with van der Waals surface area (Å²) in [4.78, 5) is 35.7. The standard InChI is InChI=1S/C26H26N2O5/c1-19(29)33-24-13-6-9-21(17-24)26(31)27-18-20-8-5-10-22(16-20)28-25(30)14-7-15-32-23-11-3-2-4-12-23/h2-6,8-13,16-17H,7,14-15,18H2,1H3,(H,27,31)(H,28,30). The van der Waals surface area contributed by atoms with E-state index in [9.17, 15) is 14.4 Å². The zero-order valence-electron chi connectivity index (χ0n) is 18.4. The fourth-order valence-corrected chi connectivity index (χ4v) is 3.07. The van der Waals surface area contributed by atoms with Gasteiger partial charge in [-0.15, -0.1) is 0 Å². The molecule has 0 unspecified atom stereocenters. The van der Waals surface area contributed by atoms with Gasteiger partial charge in [0.2, 0.25) is 5.91 Å². The van der Waals surface area contributed by atoms with E-state index in [-0.39, 0.29) is 18.4 Å². The van der Waals surface area contributed by atoms with Gasteiger partial charge < -0.3 is 20.1 Å². The quantitative estimate of drug-likeness (QED) is 0.275. The Balaban J connectivity index is 1.44. The number of esters is 1. The number of amides is 2. The summed E-state index contributed by atoms with van der Waals surface area (Å²) in [5.74, 6) is 0.252. The highest BCUT2D eigenvalue weighted by Gasteiger charge is 2.09. The average molecular weight is 447 g/mol. The molecule has 0 fully saturated rings. The number of para-hydroxylation sites is 1. The van der Waals surface area contributed by atoms with Crippen LogP contribution >= 0.6 is 0 Å². The molecule has 0 aliphatic carbocycles. The summed E-state index contributed by atoms with van der Waals surface area (Å²) in [5.41, 5.74) is 1.88. The van der Waals surface area contributed by atoms with Crippen molar-refractivity contribution in [1.29, 1.82) is 0 Å². The molecule has 0 aliphatic heterocycles. The first-order valence-corrected chi connectivity index (χ1v) is 10.6. The molecule has 2 amide bonds. The molecule has 3 aromatic rings. The van der Waals surface area contributed by atoms with Crippen LogP contribution in [0.15, 0.2) is 78.9 Å². The Morgan fingerprint density at radius 2 is 1.61 bits per heavy atom. The molecular weight excluding hydrogens is 420 g/mol. The van der Waals surface area contributed by atoms with Gasteiger partial charge in [-0.3, -0.25) is 14.4 Å². The Kier molecular flexibility index (Phi) is 8.59. The Bertz CT molecular complexity index is 1100. The lowest BCUT2D eigenvalue weighted by molar-refractivity contribution is -0.131. The number of hydrogen-bond acceptors (Lipinski definition) is 5. The zero-order chi connectivity index (χ0) is 23.5. The lowest BCUT2D eigenvalue weighted by atomic mass is 10.1. The van der Waals surface area contributed by atoms with E-state index >= 15 is 0 Å². The second-order valence-electron chi connectivity index (χ2n) is 7.32. The van der Waals surface area contributed by atoms with Crippen LogP contribution in [0.3, 0.4) is 0 Å². The molecule has 7 nitrogen and oxygen atoms in total. The van der Waals surface area contributed by atoms with Gasteiger partial charge in [-0.1, -0.05) is 36.4 Å². The molecular formula is C26H26N2O5. The molecule has 0 radical (unpaired) electrons. The first-order chi connectivity index (χ1) is 16.0. The van der Waals surface area contributed by atoms with Crippen LogP contribution in [0.2, 0.25) is 0 Å². The summed E-state index contributed by atoms with van der Waals surface area (Å²) < 4.78 is 10.6. The molecule has 0 saturated carbocycles. The molecule has 0 aliphatic rings. The van der Waals surface area contributed by atoms with Crippen LogP contribution in [0.4, 0.5) is 5.69 Å². The normalized spacial score (nSPS) is 10.2. The van der Waals surface area contributed by atoms with Gasteiger partial charge in [-0.25, -0.2) is 0 Å². The van der Waals surface area contributed by atoms with Crippen molar-refractivity contribution in [3.63, 3.8) is 0 Å². The number of ether oxygens (including phenoxy) is 2. The second kappa shape index (κ2) is 12.0. The minimum atomic E-state index is -0.449. The minimum Gasteiger partial charge on any atom is -0.494 e. The topological polar surface area (TPSA) is 93.7 Å². The van der Waals surface area contributed by atoms with Gasteiger partial charge in [0.05, 0.1) is 6.61 Å². The SMILES string of the molecule is CC(=O)Oc1cccc(C(=O)NCc2cccc(NC(=O)CCCOc3ccccc3)c2)c1. The predicted octanol–water partition coefficient (Wildman–Crippen LogP) is 4.34. The molecule has 0 bridgehead atoms. The molecule has 0 saturated heterocycles. The van der Waals surface area contributed by atoms with Crippen molar-refractivity contribution < 1.29 is 23.9 Å². The van der Waals surface area contributed by atoms with Crippen molar-refractivity contribution in [1.82, 2.24) is 5.32 Å². The number of hydrogen-bond donors (Lipinski definition) is 2. The van der Waals surface area contributed by atoms with Gasteiger partial charge in [0, 0.05) is 31.1 Å². The first-order valence-electron chi connectivity index (χ1n) is 10.6. The lowest BCUT2D eigenvalue weighted by Crippen LogP contribution is -2.23. The van der Waals surface area contributed by atoms with Gasteiger partial charge >= 0.3 is 5.97 Å². The third kappa shape index (κ3) is 8.14. The maximum Gasteiger partial charge on any atom is 0.308 e. The summed E-state index contributed by atoms with van der Waals surface area (Å²) in [7, 11) is 0. The van der Waals surface area contributed by atoms with Crippen LogP contribution in [-0.2, 0) is 16.1 Å². The van der Waals surface area contributed by atoms with E-state index in [1.165, 1.54) is 13.0 Å². The van der Waals surface area contributed by atoms with Crippen molar-refractivity contribution in [2.45, 2.75) is 26.3 Å². The van der Waals surface area contributed by atoms with Crippen LogP contribution in [-0.4, -0.2) is 24.4 Å². The molecule has 3 aromatic carbocycles. The number of benzene rings is 3. The van der Waals surface area contributed by atoms with Crippen LogP contribution in [0.25, 0.3) is 0 Å². The lowest BCUT2D eigenvalue weighted by Gasteiger charge is -2.10. The summed E-state index contributed by atoms with van der Waals surface area (Å²) >= 11 is 0. The van der Waals surface area contributed by atoms with E-state index < -0.39 is 5.97 Å². The Labute approximate surface area is 192 Å². The predicted molar refractivity (Wildman–Crippen MR) is 125 cm³/mol. The monoisotopic (exact) mass is 446 g/mol. The van der Waals surface area contributed by atoms with E-state index in [1.807, 2.05) is 48.5 Å². The maximum absolute atomic E-state index is 12.4. The molecule has 0 atom stereocenters. The summed E-state index contributed by atoms with van der Waals surface area (Å²) in [5, 5.41) is 5.70. The van der Waals surface area contributed by atoms with Gasteiger partial charge in [0.25, 0.3) is 5.91 Å². The van der Waals surface area contributed by atoms with Crippen LogP contribution in [0.1, 0.15) is 35.7 Å². The highest BCUT2D eigenvalue weighted by atomic mass is 16.5. The van der Waals surface area contributed by atoms with Crippen LogP contribution in [0, 0.1) is 0 Å². The van der Waals surface area contributed by atoms with E-state index in [2.05, 4.69) is 10.6 Å². The van der Waals surface area contributed by atoms with Crippen molar-refractivity contribution in [3.8, 4) is 11.5 Å². The Morgan fingerprint density at radius 3 is 2.39 bits per heavy atom. The highest BCUT2D eigenvalue weighted by molar-refractivity contribution is 5.94. The zero-order valence-corrected chi connectivity index (χ0v) is 18.4. The third-order valence-corrected chi connectivity index (χ3v) is 4.58. The molecule has 7 heteroatoms. The minimum absolute atomic E-state index is 0.102. The van der Waals surface area contributed by atoms with E-state index in [4.69, 9.17) is 9.47 Å². The fraction of sp³-hybridized carbons (Fsp3) is 0.192. The number of nitrogens with one attached hydrogen (secondary N) is 2. The number of carbonyl (C=O) groups excluding carboxylic acids is 3. The van der Waals surface area contributed by atoms with Crippen molar-refractivity contribution in [2.24, 2.45) is 0 Å². The van der Waals surface area contributed by atoms with Gasteiger partial charge in [-0.05, 0) is 54.4 Å². The molecule has 2 N–H and O–H groups in total. The second-order valence-corrected chi connectivity index (χ2v) is 7.32.